The molecule has 0 N–H and O–H groups in total. The lowest BCUT2D eigenvalue weighted by Gasteiger charge is -2.37. The minimum Gasteiger partial charge on any atom is -0.497 e. The molecule has 1 amide bonds. The molecule has 4 aromatic carbocycles. The van der Waals surface area contributed by atoms with E-state index in [1.54, 1.807) is 84.8 Å². The number of nitrogens with zero attached hydrogens (tertiary/aromatic N) is 3. The van der Waals surface area contributed by atoms with Crippen LogP contribution >= 0.6 is 11.6 Å². The number of carbonyl (C=O) groups excluding carboxylic acids is 1. The first-order valence-corrected chi connectivity index (χ1v) is 15.2. The van der Waals surface area contributed by atoms with Crippen LogP contribution < -0.4 is 13.9 Å². The van der Waals surface area contributed by atoms with Crippen molar-refractivity contribution in [1.29, 1.82) is 0 Å². The molecule has 1 aliphatic rings. The Labute approximate surface area is 246 Å². The van der Waals surface area contributed by atoms with E-state index in [0.717, 1.165) is 22.6 Å². The van der Waals surface area contributed by atoms with Gasteiger partial charge in [0.1, 0.15) is 5.75 Å². The van der Waals surface area contributed by atoms with E-state index >= 15 is 0 Å². The lowest BCUT2D eigenvalue weighted by atomic mass is 10.1. The molecule has 212 valence electrons. The van der Waals surface area contributed by atoms with Gasteiger partial charge in [0.05, 0.1) is 29.8 Å². The number of sulfonamides is 1. The van der Waals surface area contributed by atoms with Crippen LogP contribution in [0.1, 0.15) is 21.5 Å². The smallest absolute Gasteiger partial charge is 0.264 e. The second-order valence-corrected chi connectivity index (χ2v) is 12.2. The summed E-state index contributed by atoms with van der Waals surface area (Å²) in [5.41, 5.74) is 3.45. The Morgan fingerprint density at radius 3 is 2.12 bits per heavy atom. The monoisotopic (exact) mass is 589 g/mol. The Bertz CT molecular complexity index is 1600. The van der Waals surface area contributed by atoms with Crippen molar-refractivity contribution in [2.75, 3.05) is 42.5 Å². The maximum atomic E-state index is 14.1. The average molecular weight is 590 g/mol. The number of amides is 1. The quantitative estimate of drug-likeness (QED) is 0.252. The van der Waals surface area contributed by atoms with Gasteiger partial charge in [-0.15, -0.1) is 0 Å². The van der Waals surface area contributed by atoms with E-state index in [1.807, 2.05) is 31.2 Å². The Hall–Kier alpha value is -4.01. The van der Waals surface area contributed by atoms with Crippen LogP contribution in [0, 0.1) is 6.92 Å². The van der Waals surface area contributed by atoms with Gasteiger partial charge in [-0.05, 0) is 73.2 Å². The van der Waals surface area contributed by atoms with E-state index in [0.29, 0.717) is 42.5 Å². The number of hydrogen-bond acceptors (Lipinski definition) is 5. The van der Waals surface area contributed by atoms with Crippen LogP contribution in [-0.2, 0) is 16.6 Å². The third-order valence-electron chi connectivity index (χ3n) is 7.26. The average Bonchev–Trinajstić information content (AvgIpc) is 3.01. The van der Waals surface area contributed by atoms with Crippen LogP contribution in [0.5, 0.6) is 5.75 Å². The molecule has 0 saturated carbocycles. The number of methoxy groups -OCH3 is 1. The summed E-state index contributed by atoms with van der Waals surface area (Å²) < 4.78 is 34.7. The zero-order chi connectivity index (χ0) is 29.0. The van der Waals surface area contributed by atoms with Gasteiger partial charge in [0, 0.05) is 36.9 Å². The second kappa shape index (κ2) is 12.2. The number of anilines is 2. The van der Waals surface area contributed by atoms with Crippen LogP contribution in [0.25, 0.3) is 0 Å². The highest BCUT2D eigenvalue weighted by Crippen LogP contribution is 2.31. The number of ether oxygens (including phenoxy) is 1. The Kier molecular flexibility index (Phi) is 8.52. The lowest BCUT2D eigenvalue weighted by Crippen LogP contribution is -2.49. The van der Waals surface area contributed by atoms with Crippen molar-refractivity contribution in [3.05, 3.63) is 119 Å². The van der Waals surface area contributed by atoms with Gasteiger partial charge in [0.2, 0.25) is 0 Å². The zero-order valence-corrected chi connectivity index (χ0v) is 24.6. The van der Waals surface area contributed by atoms with Crippen molar-refractivity contribution < 1.29 is 17.9 Å². The number of hydrogen-bond donors (Lipinski definition) is 0. The fraction of sp³-hybridized carbons (Fsp3) is 0.219. The van der Waals surface area contributed by atoms with Crippen molar-refractivity contribution in [3.63, 3.8) is 0 Å². The SMILES string of the molecule is COc1ccc(N2CCN(C(=O)c3ccccc3N(Cc3ccc(Cl)cc3)S(=O)(=O)c3ccc(C)cc3)CC2)cc1. The second-order valence-electron chi connectivity index (χ2n) is 9.95. The first-order valence-electron chi connectivity index (χ1n) is 13.4. The molecule has 0 aliphatic carbocycles. The van der Waals surface area contributed by atoms with Crippen molar-refractivity contribution in [3.8, 4) is 5.75 Å². The number of carbonyl (C=O) groups is 1. The molecule has 0 spiro atoms. The Morgan fingerprint density at radius 2 is 1.49 bits per heavy atom. The number of benzene rings is 4. The number of rotatable bonds is 8. The number of para-hydroxylation sites is 1. The van der Waals surface area contributed by atoms with Gasteiger partial charge < -0.3 is 14.5 Å². The highest BCUT2D eigenvalue weighted by Gasteiger charge is 2.31. The summed E-state index contributed by atoms with van der Waals surface area (Å²) >= 11 is 6.09. The molecule has 9 heteroatoms. The van der Waals surface area contributed by atoms with Gasteiger partial charge in [-0.25, -0.2) is 8.42 Å². The largest absolute Gasteiger partial charge is 0.497 e. The zero-order valence-electron chi connectivity index (χ0n) is 23.0. The first-order chi connectivity index (χ1) is 19.8. The fourth-order valence-corrected chi connectivity index (χ4v) is 6.49. The van der Waals surface area contributed by atoms with Gasteiger partial charge in [0.15, 0.2) is 0 Å². The van der Waals surface area contributed by atoms with Crippen LogP contribution in [-0.4, -0.2) is 52.5 Å². The third kappa shape index (κ3) is 6.34. The van der Waals surface area contributed by atoms with E-state index in [2.05, 4.69) is 4.90 Å². The summed E-state index contributed by atoms with van der Waals surface area (Å²) in [7, 11) is -2.37. The summed E-state index contributed by atoms with van der Waals surface area (Å²) in [6.45, 7) is 4.31. The lowest BCUT2D eigenvalue weighted by molar-refractivity contribution is 0.0747. The molecular weight excluding hydrogens is 558 g/mol. The number of aryl methyl sites for hydroxylation is 1. The minimum absolute atomic E-state index is 0.0446. The first kappa shape index (κ1) is 28.5. The normalized spacial score (nSPS) is 13.6. The maximum absolute atomic E-state index is 14.1. The summed E-state index contributed by atoms with van der Waals surface area (Å²) in [5, 5.41) is 0.561. The number of halogens is 1. The van der Waals surface area contributed by atoms with Gasteiger partial charge in [-0.2, -0.15) is 0 Å². The molecule has 0 radical (unpaired) electrons. The van der Waals surface area contributed by atoms with Gasteiger partial charge in [-0.1, -0.05) is 53.6 Å². The summed E-state index contributed by atoms with van der Waals surface area (Å²) in [4.78, 5) is 18.1. The topological polar surface area (TPSA) is 70.2 Å². The van der Waals surface area contributed by atoms with Crippen LogP contribution in [0.2, 0.25) is 5.02 Å². The fourth-order valence-electron chi connectivity index (χ4n) is 4.90. The van der Waals surface area contributed by atoms with Crippen molar-refractivity contribution in [2.45, 2.75) is 18.4 Å². The molecule has 7 nitrogen and oxygen atoms in total. The van der Waals surface area contributed by atoms with E-state index in [4.69, 9.17) is 16.3 Å². The predicted octanol–water partition coefficient (Wildman–Crippen LogP) is 6.01. The van der Waals surface area contributed by atoms with E-state index in [9.17, 15) is 13.2 Å². The maximum Gasteiger partial charge on any atom is 0.264 e. The van der Waals surface area contributed by atoms with Crippen molar-refractivity contribution in [2.24, 2.45) is 0 Å². The Balaban J connectivity index is 1.44. The van der Waals surface area contributed by atoms with Gasteiger partial charge in [-0.3, -0.25) is 9.10 Å². The summed E-state index contributed by atoms with van der Waals surface area (Å²) in [6, 6.07) is 28.6. The molecule has 4 aromatic rings. The molecule has 0 aromatic heterocycles. The van der Waals surface area contributed by atoms with Gasteiger partial charge in [0.25, 0.3) is 15.9 Å². The summed E-state index contributed by atoms with van der Waals surface area (Å²) in [6.07, 6.45) is 0. The molecule has 1 aliphatic heterocycles. The molecule has 1 saturated heterocycles. The Morgan fingerprint density at radius 1 is 0.854 bits per heavy atom. The molecule has 1 fully saturated rings. The van der Waals surface area contributed by atoms with E-state index in [1.165, 1.54) is 4.31 Å². The predicted molar refractivity (Wildman–Crippen MR) is 164 cm³/mol. The molecule has 5 rings (SSSR count). The van der Waals surface area contributed by atoms with Gasteiger partial charge >= 0.3 is 0 Å². The summed E-state index contributed by atoms with van der Waals surface area (Å²) in [5.74, 6) is 0.595. The highest BCUT2D eigenvalue weighted by molar-refractivity contribution is 7.92. The standard InChI is InChI=1S/C32H32ClN3O4S/c1-24-7-17-29(18-8-24)41(38,39)36(23-25-9-11-26(33)12-10-25)31-6-4-3-5-30(31)32(37)35-21-19-34(20-22-35)27-13-15-28(40-2)16-14-27/h3-18H,19-23H2,1-2H3. The number of piperazine rings is 1. The molecule has 0 atom stereocenters. The van der Waals surface area contributed by atoms with Crippen LogP contribution in [0.15, 0.2) is 102 Å². The molecule has 0 unspecified atom stereocenters. The van der Waals surface area contributed by atoms with Crippen LogP contribution in [0.4, 0.5) is 11.4 Å². The van der Waals surface area contributed by atoms with E-state index in [-0.39, 0.29) is 17.3 Å². The molecule has 41 heavy (non-hydrogen) atoms. The molecular formula is C32H32ClN3O4S. The minimum atomic E-state index is -4.01. The van der Waals surface area contributed by atoms with Crippen molar-refractivity contribution in [1.82, 2.24) is 4.90 Å². The highest BCUT2D eigenvalue weighted by atomic mass is 35.5. The third-order valence-corrected chi connectivity index (χ3v) is 9.28. The van der Waals surface area contributed by atoms with Crippen molar-refractivity contribution >= 4 is 38.9 Å². The molecule has 0 bridgehead atoms. The molecule has 1 heterocycles. The van der Waals surface area contributed by atoms with Crippen LogP contribution in [0.3, 0.4) is 0 Å². The van der Waals surface area contributed by atoms with E-state index < -0.39 is 10.0 Å².